The molecule has 0 aromatic heterocycles. The first-order valence-corrected chi connectivity index (χ1v) is 8.83. The molecule has 1 aromatic rings. The highest BCUT2D eigenvalue weighted by molar-refractivity contribution is 5.94. The molecule has 2 N–H and O–H groups in total. The lowest BCUT2D eigenvalue weighted by molar-refractivity contribution is -0.908. The number of hydrogen-bond acceptors (Lipinski definition) is 4. The lowest BCUT2D eigenvalue weighted by atomic mass is 10.2. The van der Waals surface area contributed by atoms with Gasteiger partial charge in [-0.2, -0.15) is 0 Å². The highest BCUT2D eigenvalue weighted by atomic mass is 16.5. The van der Waals surface area contributed by atoms with Crippen LogP contribution in [0, 0.1) is 0 Å². The SMILES string of the molecule is CCOc1ccc(C(=O)NCCC[NH+]2CCOCC2)cc1OCC. The third-order valence-electron chi connectivity index (χ3n) is 4.00. The summed E-state index contributed by atoms with van der Waals surface area (Å²) in [4.78, 5) is 13.8. The Bertz CT molecular complexity index is 516. The Balaban J connectivity index is 1.81. The highest BCUT2D eigenvalue weighted by Gasteiger charge is 2.14. The van der Waals surface area contributed by atoms with Gasteiger partial charge in [0.25, 0.3) is 5.91 Å². The Labute approximate surface area is 144 Å². The molecule has 1 saturated heterocycles. The van der Waals surface area contributed by atoms with Gasteiger partial charge in [-0.3, -0.25) is 4.79 Å². The van der Waals surface area contributed by atoms with Crippen molar-refractivity contribution in [2.45, 2.75) is 20.3 Å². The molecule has 1 fully saturated rings. The van der Waals surface area contributed by atoms with Crippen molar-refractivity contribution in [2.24, 2.45) is 0 Å². The van der Waals surface area contributed by atoms with Crippen LogP contribution in [0.1, 0.15) is 30.6 Å². The maximum atomic E-state index is 12.3. The second-order valence-electron chi connectivity index (χ2n) is 5.75. The minimum atomic E-state index is -0.0732. The number of ether oxygens (including phenoxy) is 3. The fraction of sp³-hybridized carbons (Fsp3) is 0.611. The van der Waals surface area contributed by atoms with E-state index in [1.54, 1.807) is 23.1 Å². The Kier molecular flexibility index (Phi) is 7.85. The summed E-state index contributed by atoms with van der Waals surface area (Å²) in [6.45, 7) is 10.5. The topological polar surface area (TPSA) is 61.2 Å². The van der Waals surface area contributed by atoms with Gasteiger partial charge in [0.05, 0.1) is 33.0 Å². The quantitative estimate of drug-likeness (QED) is 0.645. The van der Waals surface area contributed by atoms with Gasteiger partial charge in [-0.05, 0) is 32.0 Å². The van der Waals surface area contributed by atoms with E-state index in [-0.39, 0.29) is 5.91 Å². The van der Waals surface area contributed by atoms with Crippen LogP contribution in [0.2, 0.25) is 0 Å². The smallest absolute Gasteiger partial charge is 0.251 e. The molecule has 1 aromatic carbocycles. The predicted molar refractivity (Wildman–Crippen MR) is 92.1 cm³/mol. The molecule has 24 heavy (non-hydrogen) atoms. The lowest BCUT2D eigenvalue weighted by Crippen LogP contribution is -3.14. The van der Waals surface area contributed by atoms with Gasteiger partial charge in [-0.25, -0.2) is 0 Å². The largest absolute Gasteiger partial charge is 0.490 e. The summed E-state index contributed by atoms with van der Waals surface area (Å²) in [6.07, 6.45) is 0.969. The predicted octanol–water partition coefficient (Wildman–Crippen LogP) is 0.519. The van der Waals surface area contributed by atoms with Crippen molar-refractivity contribution in [3.63, 3.8) is 0 Å². The Morgan fingerprint density at radius 1 is 1.17 bits per heavy atom. The standard InChI is InChI=1S/C18H28N2O4/c1-3-23-16-7-6-15(14-17(16)24-4-2)18(21)19-8-5-9-20-10-12-22-13-11-20/h6-7,14H,3-5,8-13H2,1-2H3,(H,19,21)/p+1. The molecule has 0 unspecified atom stereocenters. The van der Waals surface area contributed by atoms with Crippen molar-refractivity contribution in [3.05, 3.63) is 23.8 Å². The van der Waals surface area contributed by atoms with Crippen LogP contribution in [0.3, 0.4) is 0 Å². The van der Waals surface area contributed by atoms with Gasteiger partial charge in [-0.1, -0.05) is 0 Å². The average Bonchev–Trinajstić information content (AvgIpc) is 2.61. The minimum Gasteiger partial charge on any atom is -0.490 e. The summed E-state index contributed by atoms with van der Waals surface area (Å²) in [5.74, 6) is 1.22. The molecular weight excluding hydrogens is 308 g/mol. The highest BCUT2D eigenvalue weighted by Crippen LogP contribution is 2.28. The first-order valence-electron chi connectivity index (χ1n) is 8.83. The molecule has 0 aliphatic carbocycles. The molecule has 1 heterocycles. The number of morpholine rings is 1. The zero-order valence-corrected chi connectivity index (χ0v) is 14.7. The van der Waals surface area contributed by atoms with Crippen LogP contribution in [0.4, 0.5) is 0 Å². The summed E-state index contributed by atoms with van der Waals surface area (Å²) < 4.78 is 16.4. The number of amides is 1. The fourth-order valence-electron chi connectivity index (χ4n) is 2.74. The molecule has 0 saturated carbocycles. The number of rotatable bonds is 9. The zero-order valence-electron chi connectivity index (χ0n) is 14.7. The molecular formula is C18H29N2O4+. The number of benzene rings is 1. The summed E-state index contributed by atoms with van der Waals surface area (Å²) in [7, 11) is 0. The first kappa shape index (κ1) is 18.5. The van der Waals surface area contributed by atoms with Gasteiger partial charge < -0.3 is 24.4 Å². The van der Waals surface area contributed by atoms with Crippen molar-refractivity contribution in [1.29, 1.82) is 0 Å². The maximum Gasteiger partial charge on any atom is 0.251 e. The van der Waals surface area contributed by atoms with Gasteiger partial charge in [0, 0.05) is 18.5 Å². The molecule has 6 heteroatoms. The monoisotopic (exact) mass is 337 g/mol. The van der Waals surface area contributed by atoms with Crippen LogP contribution in [0.25, 0.3) is 0 Å². The number of carbonyl (C=O) groups is 1. The van der Waals surface area contributed by atoms with E-state index in [2.05, 4.69) is 5.32 Å². The molecule has 1 aliphatic heterocycles. The maximum absolute atomic E-state index is 12.3. The Morgan fingerprint density at radius 3 is 2.58 bits per heavy atom. The van der Waals surface area contributed by atoms with E-state index in [1.165, 1.54) is 0 Å². The van der Waals surface area contributed by atoms with Crippen LogP contribution >= 0.6 is 0 Å². The van der Waals surface area contributed by atoms with Crippen LogP contribution in [-0.2, 0) is 4.74 Å². The van der Waals surface area contributed by atoms with Crippen LogP contribution in [0.5, 0.6) is 11.5 Å². The van der Waals surface area contributed by atoms with Gasteiger partial charge in [0.2, 0.25) is 0 Å². The van der Waals surface area contributed by atoms with Crippen molar-refractivity contribution >= 4 is 5.91 Å². The zero-order chi connectivity index (χ0) is 17.2. The van der Waals surface area contributed by atoms with Gasteiger partial charge in [-0.15, -0.1) is 0 Å². The number of nitrogens with one attached hydrogen (secondary N) is 2. The van der Waals surface area contributed by atoms with Crippen molar-refractivity contribution in [3.8, 4) is 11.5 Å². The van der Waals surface area contributed by atoms with E-state index in [1.807, 2.05) is 13.8 Å². The molecule has 1 amide bonds. The van der Waals surface area contributed by atoms with Crippen molar-refractivity contribution < 1.29 is 23.9 Å². The minimum absolute atomic E-state index is 0.0732. The Hall–Kier alpha value is -1.79. The summed E-state index contributed by atoms with van der Waals surface area (Å²) in [5, 5.41) is 2.98. The Morgan fingerprint density at radius 2 is 1.88 bits per heavy atom. The molecule has 0 radical (unpaired) electrons. The summed E-state index contributed by atoms with van der Waals surface area (Å²) >= 11 is 0. The van der Waals surface area contributed by atoms with Crippen molar-refractivity contribution in [2.75, 3.05) is 52.6 Å². The molecule has 134 valence electrons. The van der Waals surface area contributed by atoms with Crippen LogP contribution < -0.4 is 19.7 Å². The van der Waals surface area contributed by atoms with E-state index >= 15 is 0 Å². The van der Waals surface area contributed by atoms with E-state index in [9.17, 15) is 4.79 Å². The van der Waals surface area contributed by atoms with E-state index in [4.69, 9.17) is 14.2 Å². The normalized spacial score (nSPS) is 15.1. The molecule has 0 spiro atoms. The lowest BCUT2D eigenvalue weighted by Gasteiger charge is -2.23. The summed E-state index contributed by atoms with van der Waals surface area (Å²) in [6, 6.07) is 5.31. The number of hydrogen-bond donors (Lipinski definition) is 2. The van der Waals surface area contributed by atoms with Crippen LogP contribution in [0.15, 0.2) is 18.2 Å². The molecule has 2 rings (SSSR count). The van der Waals surface area contributed by atoms with Gasteiger partial charge in [0.15, 0.2) is 11.5 Å². The second kappa shape index (κ2) is 10.2. The van der Waals surface area contributed by atoms with Crippen LogP contribution in [-0.4, -0.2) is 58.5 Å². The van der Waals surface area contributed by atoms with E-state index in [0.29, 0.717) is 36.8 Å². The molecule has 6 nitrogen and oxygen atoms in total. The average molecular weight is 337 g/mol. The number of carbonyl (C=O) groups excluding carboxylic acids is 1. The summed E-state index contributed by atoms with van der Waals surface area (Å²) in [5.41, 5.74) is 0.598. The van der Waals surface area contributed by atoms with Crippen molar-refractivity contribution in [1.82, 2.24) is 5.32 Å². The third kappa shape index (κ3) is 5.69. The second-order valence-corrected chi connectivity index (χ2v) is 5.75. The molecule has 1 aliphatic rings. The van der Waals surface area contributed by atoms with E-state index in [0.717, 1.165) is 39.3 Å². The third-order valence-corrected chi connectivity index (χ3v) is 4.00. The molecule has 0 bridgehead atoms. The van der Waals surface area contributed by atoms with E-state index < -0.39 is 0 Å². The fourth-order valence-corrected chi connectivity index (χ4v) is 2.74. The van der Waals surface area contributed by atoms with Gasteiger partial charge >= 0.3 is 0 Å². The van der Waals surface area contributed by atoms with Gasteiger partial charge in [0.1, 0.15) is 13.1 Å². The number of quaternary nitrogens is 1. The first-order chi connectivity index (χ1) is 11.7. The molecule has 0 atom stereocenters.